The average Bonchev–Trinajstić information content (AvgIpc) is 2.49. The minimum Gasteiger partial charge on any atom is -0.380 e. The van der Waals surface area contributed by atoms with Gasteiger partial charge in [-0.2, -0.15) is 13.2 Å². The number of carbonyl (C=O) groups excluding carboxylic acids is 1. The molecule has 2 N–H and O–H groups in total. The lowest BCUT2D eigenvalue weighted by atomic mass is 9.90. The second-order valence-electron chi connectivity index (χ2n) is 6.55. The van der Waals surface area contributed by atoms with Crippen LogP contribution in [-0.2, 0) is 4.79 Å². The predicted octanol–water partition coefficient (Wildman–Crippen LogP) is 3.02. The first-order valence-electron chi connectivity index (χ1n) is 7.95. The van der Waals surface area contributed by atoms with Gasteiger partial charge < -0.3 is 10.4 Å². The van der Waals surface area contributed by atoms with Crippen LogP contribution in [0.5, 0.6) is 0 Å². The average molecular weight is 344 g/mol. The molecule has 0 aromatic heterocycles. The van der Waals surface area contributed by atoms with Crippen molar-refractivity contribution < 1.29 is 23.1 Å². The molecule has 1 heterocycles. The maximum absolute atomic E-state index is 12.8. The molecule has 0 aliphatic carbocycles. The summed E-state index contributed by atoms with van der Waals surface area (Å²) in [6.45, 7) is 5.56. The van der Waals surface area contributed by atoms with E-state index in [1.165, 1.54) is 0 Å². The fourth-order valence-electron chi connectivity index (χ4n) is 2.92. The molecule has 1 aromatic carbocycles. The van der Waals surface area contributed by atoms with Crippen LogP contribution in [0, 0.1) is 13.8 Å². The Hall–Kier alpha value is -1.60. The Kier molecular flexibility index (Phi) is 5.25. The van der Waals surface area contributed by atoms with Crippen molar-refractivity contribution in [1.82, 2.24) is 4.90 Å². The highest BCUT2D eigenvalue weighted by Gasteiger charge is 2.54. The SMILES string of the molecule is Cc1ccc(NC(=O)C(C)N2CCC(O)(C(F)(F)F)CC2)c(C)c1. The molecule has 0 saturated carbocycles. The van der Waals surface area contributed by atoms with Gasteiger partial charge in [-0.05, 0) is 45.2 Å². The number of likely N-dealkylation sites (tertiary alicyclic amines) is 1. The zero-order chi connectivity index (χ0) is 18.1. The molecule has 2 rings (SSSR count). The van der Waals surface area contributed by atoms with Gasteiger partial charge in [0.25, 0.3) is 0 Å². The molecule has 0 radical (unpaired) electrons. The predicted molar refractivity (Wildman–Crippen MR) is 85.8 cm³/mol. The summed E-state index contributed by atoms with van der Waals surface area (Å²) in [7, 11) is 0. The van der Waals surface area contributed by atoms with E-state index < -0.39 is 30.7 Å². The number of carbonyl (C=O) groups is 1. The Morgan fingerprint density at radius 3 is 2.38 bits per heavy atom. The number of rotatable bonds is 3. The molecule has 7 heteroatoms. The molecular weight excluding hydrogens is 321 g/mol. The number of halogens is 3. The highest BCUT2D eigenvalue weighted by Crippen LogP contribution is 2.38. The number of aliphatic hydroxyl groups is 1. The minimum absolute atomic E-state index is 0.0253. The summed E-state index contributed by atoms with van der Waals surface area (Å²) in [4.78, 5) is 14.0. The van der Waals surface area contributed by atoms with Gasteiger partial charge in [-0.25, -0.2) is 0 Å². The first kappa shape index (κ1) is 18.7. The van der Waals surface area contributed by atoms with Crippen LogP contribution in [-0.4, -0.2) is 46.8 Å². The monoisotopic (exact) mass is 344 g/mol. The van der Waals surface area contributed by atoms with Crippen LogP contribution in [0.15, 0.2) is 18.2 Å². The molecular formula is C17H23F3N2O2. The van der Waals surface area contributed by atoms with E-state index in [9.17, 15) is 23.1 Å². The van der Waals surface area contributed by atoms with Crippen LogP contribution < -0.4 is 5.32 Å². The summed E-state index contributed by atoms with van der Waals surface area (Å²) in [6, 6.07) is 5.08. The van der Waals surface area contributed by atoms with Crippen molar-refractivity contribution in [1.29, 1.82) is 0 Å². The standard InChI is InChI=1S/C17H23F3N2O2/c1-11-4-5-14(12(2)10-11)21-15(23)13(3)22-8-6-16(24,7-9-22)17(18,19)20/h4-5,10,13,24H,6-9H2,1-3H3,(H,21,23). The first-order chi connectivity index (χ1) is 11.0. The molecule has 0 bridgehead atoms. The number of amides is 1. The van der Waals surface area contributed by atoms with Crippen molar-refractivity contribution in [3.8, 4) is 0 Å². The van der Waals surface area contributed by atoms with Crippen LogP contribution in [0.25, 0.3) is 0 Å². The van der Waals surface area contributed by atoms with Crippen molar-refractivity contribution in [2.75, 3.05) is 18.4 Å². The molecule has 1 aliphatic heterocycles. The van der Waals surface area contributed by atoms with E-state index in [-0.39, 0.29) is 19.0 Å². The number of alkyl halides is 3. The Morgan fingerprint density at radius 1 is 1.29 bits per heavy atom. The van der Waals surface area contributed by atoms with Crippen molar-refractivity contribution >= 4 is 11.6 Å². The second kappa shape index (κ2) is 6.72. The van der Waals surface area contributed by atoms with Crippen LogP contribution >= 0.6 is 0 Å². The van der Waals surface area contributed by atoms with E-state index in [1.54, 1.807) is 11.8 Å². The molecule has 24 heavy (non-hydrogen) atoms. The third-order valence-corrected chi connectivity index (χ3v) is 4.72. The molecule has 1 saturated heterocycles. The molecule has 0 spiro atoms. The van der Waals surface area contributed by atoms with E-state index >= 15 is 0 Å². The molecule has 1 aromatic rings. The van der Waals surface area contributed by atoms with Crippen molar-refractivity contribution in [3.63, 3.8) is 0 Å². The smallest absolute Gasteiger partial charge is 0.380 e. The van der Waals surface area contributed by atoms with E-state index in [0.29, 0.717) is 5.69 Å². The van der Waals surface area contributed by atoms with Gasteiger partial charge in [-0.1, -0.05) is 17.7 Å². The van der Waals surface area contributed by atoms with Gasteiger partial charge in [0.1, 0.15) is 0 Å². The summed E-state index contributed by atoms with van der Waals surface area (Å²) in [5.74, 6) is -0.264. The van der Waals surface area contributed by atoms with Gasteiger partial charge in [0.15, 0.2) is 5.60 Å². The van der Waals surface area contributed by atoms with E-state index in [1.807, 2.05) is 32.0 Å². The Morgan fingerprint density at radius 2 is 1.88 bits per heavy atom. The highest BCUT2D eigenvalue weighted by atomic mass is 19.4. The number of hydrogen-bond donors (Lipinski definition) is 2. The fraction of sp³-hybridized carbons (Fsp3) is 0.588. The van der Waals surface area contributed by atoms with Crippen LogP contribution in [0.1, 0.15) is 30.9 Å². The maximum Gasteiger partial charge on any atom is 0.417 e. The second-order valence-corrected chi connectivity index (χ2v) is 6.55. The van der Waals surface area contributed by atoms with Gasteiger partial charge in [0.05, 0.1) is 6.04 Å². The summed E-state index contributed by atoms with van der Waals surface area (Å²) in [5.41, 5.74) is 0.0654. The molecule has 4 nitrogen and oxygen atoms in total. The maximum atomic E-state index is 12.8. The molecule has 1 atom stereocenters. The zero-order valence-corrected chi connectivity index (χ0v) is 14.1. The Bertz CT molecular complexity index is 608. The number of benzene rings is 1. The lowest BCUT2D eigenvalue weighted by Gasteiger charge is -2.40. The summed E-state index contributed by atoms with van der Waals surface area (Å²) in [5, 5.41) is 12.5. The topological polar surface area (TPSA) is 52.6 Å². The molecule has 1 fully saturated rings. The third kappa shape index (κ3) is 3.89. The first-order valence-corrected chi connectivity index (χ1v) is 7.95. The lowest BCUT2D eigenvalue weighted by Crippen LogP contribution is -2.56. The number of nitrogens with zero attached hydrogens (tertiary/aromatic N) is 1. The van der Waals surface area contributed by atoms with E-state index in [0.717, 1.165) is 11.1 Å². The van der Waals surface area contributed by atoms with Gasteiger partial charge in [-0.3, -0.25) is 9.69 Å². The summed E-state index contributed by atoms with van der Waals surface area (Å²) >= 11 is 0. The molecule has 1 amide bonds. The van der Waals surface area contributed by atoms with Crippen LogP contribution in [0.3, 0.4) is 0 Å². The molecule has 1 unspecified atom stereocenters. The van der Waals surface area contributed by atoms with Gasteiger partial charge in [-0.15, -0.1) is 0 Å². The van der Waals surface area contributed by atoms with Crippen molar-refractivity contribution in [3.05, 3.63) is 29.3 Å². The fourth-order valence-corrected chi connectivity index (χ4v) is 2.92. The molecule has 134 valence electrons. The van der Waals surface area contributed by atoms with Gasteiger partial charge in [0.2, 0.25) is 5.91 Å². The quantitative estimate of drug-likeness (QED) is 0.886. The Labute approximate surface area is 139 Å². The number of piperidine rings is 1. The largest absolute Gasteiger partial charge is 0.417 e. The zero-order valence-electron chi connectivity index (χ0n) is 14.1. The van der Waals surface area contributed by atoms with E-state index in [4.69, 9.17) is 0 Å². The van der Waals surface area contributed by atoms with Crippen LogP contribution in [0.2, 0.25) is 0 Å². The van der Waals surface area contributed by atoms with Gasteiger partial charge in [0, 0.05) is 18.8 Å². The minimum atomic E-state index is -4.64. The highest BCUT2D eigenvalue weighted by molar-refractivity contribution is 5.95. The summed E-state index contributed by atoms with van der Waals surface area (Å²) in [6.07, 6.45) is -5.47. The Balaban J connectivity index is 1.97. The van der Waals surface area contributed by atoms with Crippen LogP contribution in [0.4, 0.5) is 18.9 Å². The normalized spacial score (nSPS) is 19.8. The van der Waals surface area contributed by atoms with Crippen molar-refractivity contribution in [2.24, 2.45) is 0 Å². The van der Waals surface area contributed by atoms with Gasteiger partial charge >= 0.3 is 6.18 Å². The number of nitrogens with one attached hydrogen (secondary N) is 1. The third-order valence-electron chi connectivity index (χ3n) is 4.72. The number of aryl methyl sites for hydroxylation is 2. The molecule has 1 aliphatic rings. The van der Waals surface area contributed by atoms with Crippen molar-refractivity contribution in [2.45, 2.75) is 51.4 Å². The lowest BCUT2D eigenvalue weighted by molar-refractivity contribution is -0.273. The van der Waals surface area contributed by atoms with E-state index in [2.05, 4.69) is 5.32 Å². The summed E-state index contributed by atoms with van der Waals surface area (Å²) < 4.78 is 38.5. The number of anilines is 1. The number of hydrogen-bond acceptors (Lipinski definition) is 3.